The minimum atomic E-state index is -0.0367. The maximum absolute atomic E-state index is 6.15. The zero-order valence-corrected chi connectivity index (χ0v) is 8.89. The van der Waals surface area contributed by atoms with E-state index in [1.165, 1.54) is 19.3 Å². The largest absolute Gasteiger partial charge is 0.369 e. The number of hydrogen-bond donors (Lipinski definition) is 3. The second kappa shape index (κ2) is 4.44. The molecule has 0 aromatic rings. The van der Waals surface area contributed by atoms with Gasteiger partial charge in [0.15, 0.2) is 0 Å². The van der Waals surface area contributed by atoms with Gasteiger partial charge in [-0.25, -0.2) is 0 Å². The van der Waals surface area contributed by atoms with E-state index in [1.807, 2.05) is 0 Å². The number of rotatable bonds is 2. The van der Waals surface area contributed by atoms with E-state index in [4.69, 9.17) is 18.0 Å². The Kier molecular flexibility index (Phi) is 3.80. The van der Waals surface area contributed by atoms with Crippen LogP contribution < -0.4 is 11.1 Å². The number of nitrogens with two attached hydrogens (primary N) is 1. The Morgan fingerprint density at radius 1 is 1.42 bits per heavy atom. The molecule has 70 valence electrons. The SMILES string of the molecule is NC1(CNC(=S)S)CCCCC1. The summed E-state index contributed by atoms with van der Waals surface area (Å²) in [6, 6.07) is 0. The van der Waals surface area contributed by atoms with Gasteiger partial charge in [-0.3, -0.25) is 0 Å². The Hall–Kier alpha value is 0.200. The van der Waals surface area contributed by atoms with E-state index >= 15 is 0 Å². The Labute approximate surface area is 84.7 Å². The highest BCUT2D eigenvalue weighted by molar-refractivity contribution is 8.11. The Morgan fingerprint density at radius 2 is 2.00 bits per heavy atom. The van der Waals surface area contributed by atoms with E-state index < -0.39 is 0 Å². The Balaban J connectivity index is 2.31. The molecular weight excluding hydrogens is 188 g/mol. The second-order valence-corrected chi connectivity index (χ2v) is 4.74. The molecule has 0 amide bonds. The van der Waals surface area contributed by atoms with Gasteiger partial charge in [0.25, 0.3) is 0 Å². The fourth-order valence-electron chi connectivity index (χ4n) is 1.68. The van der Waals surface area contributed by atoms with Crippen LogP contribution in [0.1, 0.15) is 32.1 Å². The van der Waals surface area contributed by atoms with Crippen LogP contribution in [-0.2, 0) is 0 Å². The van der Waals surface area contributed by atoms with Crippen LogP contribution in [0.15, 0.2) is 0 Å². The fourth-order valence-corrected chi connectivity index (χ4v) is 1.84. The zero-order chi connectivity index (χ0) is 9.03. The van der Waals surface area contributed by atoms with E-state index in [1.54, 1.807) is 0 Å². The molecule has 0 atom stereocenters. The van der Waals surface area contributed by atoms with Gasteiger partial charge >= 0.3 is 0 Å². The summed E-state index contributed by atoms with van der Waals surface area (Å²) in [5.41, 5.74) is 6.11. The number of thiol groups is 1. The molecule has 0 spiro atoms. The van der Waals surface area contributed by atoms with Crippen LogP contribution >= 0.6 is 24.8 Å². The van der Waals surface area contributed by atoms with E-state index in [2.05, 4.69) is 17.9 Å². The molecule has 1 aliphatic carbocycles. The topological polar surface area (TPSA) is 38.0 Å². The lowest BCUT2D eigenvalue weighted by molar-refractivity contribution is 0.296. The summed E-state index contributed by atoms with van der Waals surface area (Å²) < 4.78 is 0.547. The molecule has 0 aliphatic heterocycles. The Bertz CT molecular complexity index is 164. The van der Waals surface area contributed by atoms with Crippen molar-refractivity contribution in [2.24, 2.45) is 5.73 Å². The molecule has 1 aliphatic rings. The molecule has 12 heavy (non-hydrogen) atoms. The molecule has 0 saturated heterocycles. The summed E-state index contributed by atoms with van der Waals surface area (Å²) in [6.07, 6.45) is 6.03. The van der Waals surface area contributed by atoms with Crippen molar-refractivity contribution in [3.63, 3.8) is 0 Å². The predicted molar refractivity (Wildman–Crippen MR) is 59.6 cm³/mol. The molecule has 0 unspecified atom stereocenters. The van der Waals surface area contributed by atoms with E-state index in [0.29, 0.717) is 4.32 Å². The van der Waals surface area contributed by atoms with Gasteiger partial charge in [0.05, 0.1) is 0 Å². The first-order chi connectivity index (χ1) is 5.62. The van der Waals surface area contributed by atoms with Crippen LogP contribution in [0.4, 0.5) is 0 Å². The lowest BCUT2D eigenvalue weighted by Gasteiger charge is -2.33. The third-order valence-electron chi connectivity index (χ3n) is 2.44. The molecule has 4 heteroatoms. The average molecular weight is 204 g/mol. The molecule has 2 nitrogen and oxygen atoms in total. The minimum Gasteiger partial charge on any atom is -0.369 e. The van der Waals surface area contributed by atoms with Gasteiger partial charge in [0.1, 0.15) is 4.32 Å². The molecule has 0 radical (unpaired) electrons. The van der Waals surface area contributed by atoms with E-state index in [0.717, 1.165) is 19.4 Å². The molecule has 0 heterocycles. The van der Waals surface area contributed by atoms with Gasteiger partial charge in [-0.2, -0.15) is 0 Å². The highest BCUT2D eigenvalue weighted by atomic mass is 32.1. The number of hydrogen-bond acceptors (Lipinski definition) is 2. The molecule has 0 bridgehead atoms. The summed E-state index contributed by atoms with van der Waals surface area (Å²) in [5, 5.41) is 3.03. The first-order valence-electron chi connectivity index (χ1n) is 4.38. The van der Waals surface area contributed by atoms with Crippen LogP contribution in [0.2, 0.25) is 0 Å². The standard InChI is InChI=1S/C8H16N2S2/c9-8(6-10-7(11)12)4-2-1-3-5-8/h1-6,9H2,(H2,10,11,12). The van der Waals surface area contributed by atoms with Crippen molar-refractivity contribution >= 4 is 29.2 Å². The van der Waals surface area contributed by atoms with Crippen molar-refractivity contribution in [2.75, 3.05) is 6.54 Å². The van der Waals surface area contributed by atoms with E-state index in [9.17, 15) is 0 Å². The van der Waals surface area contributed by atoms with Crippen molar-refractivity contribution in [1.82, 2.24) is 5.32 Å². The van der Waals surface area contributed by atoms with Crippen LogP contribution in [0.5, 0.6) is 0 Å². The summed E-state index contributed by atoms with van der Waals surface area (Å²) in [5.74, 6) is 0. The first-order valence-corrected chi connectivity index (χ1v) is 5.24. The first kappa shape index (κ1) is 10.3. The quantitative estimate of drug-likeness (QED) is 0.471. The van der Waals surface area contributed by atoms with Crippen molar-refractivity contribution in [3.8, 4) is 0 Å². The summed E-state index contributed by atoms with van der Waals surface area (Å²) in [6.45, 7) is 0.773. The molecule has 1 fully saturated rings. The zero-order valence-electron chi connectivity index (χ0n) is 7.18. The van der Waals surface area contributed by atoms with Gasteiger partial charge in [-0.15, -0.1) is 12.6 Å². The van der Waals surface area contributed by atoms with Crippen molar-refractivity contribution in [1.29, 1.82) is 0 Å². The maximum Gasteiger partial charge on any atom is 0.130 e. The number of thiocarbonyl (C=S) groups is 1. The van der Waals surface area contributed by atoms with Gasteiger partial charge in [0, 0.05) is 12.1 Å². The monoisotopic (exact) mass is 204 g/mol. The second-order valence-electron chi connectivity index (χ2n) is 3.58. The maximum atomic E-state index is 6.15. The van der Waals surface area contributed by atoms with Crippen molar-refractivity contribution in [3.05, 3.63) is 0 Å². The molecule has 0 aromatic carbocycles. The molecule has 0 aromatic heterocycles. The van der Waals surface area contributed by atoms with Gasteiger partial charge in [-0.1, -0.05) is 31.5 Å². The number of nitrogens with one attached hydrogen (secondary N) is 1. The van der Waals surface area contributed by atoms with Crippen LogP contribution in [0.25, 0.3) is 0 Å². The predicted octanol–water partition coefficient (Wildman–Crippen LogP) is 1.45. The van der Waals surface area contributed by atoms with Crippen molar-refractivity contribution < 1.29 is 0 Å². The highest BCUT2D eigenvalue weighted by Gasteiger charge is 2.26. The molecular formula is C8H16N2S2. The van der Waals surface area contributed by atoms with Crippen LogP contribution in [-0.4, -0.2) is 16.4 Å². The van der Waals surface area contributed by atoms with Gasteiger partial charge in [0.2, 0.25) is 0 Å². The minimum absolute atomic E-state index is 0.0367. The fraction of sp³-hybridized carbons (Fsp3) is 0.875. The average Bonchev–Trinajstić information content (AvgIpc) is 2.03. The van der Waals surface area contributed by atoms with E-state index in [-0.39, 0.29) is 5.54 Å². The lowest BCUT2D eigenvalue weighted by atomic mass is 9.83. The lowest BCUT2D eigenvalue weighted by Crippen LogP contribution is -2.50. The molecule has 3 N–H and O–H groups in total. The Morgan fingerprint density at radius 3 is 2.50 bits per heavy atom. The highest BCUT2D eigenvalue weighted by Crippen LogP contribution is 2.25. The normalized spacial score (nSPS) is 21.8. The summed E-state index contributed by atoms with van der Waals surface area (Å²) >= 11 is 8.81. The smallest absolute Gasteiger partial charge is 0.130 e. The third kappa shape index (κ3) is 3.29. The van der Waals surface area contributed by atoms with Crippen LogP contribution in [0.3, 0.4) is 0 Å². The van der Waals surface area contributed by atoms with Gasteiger partial charge in [-0.05, 0) is 12.8 Å². The summed E-state index contributed by atoms with van der Waals surface area (Å²) in [7, 11) is 0. The van der Waals surface area contributed by atoms with Gasteiger partial charge < -0.3 is 11.1 Å². The van der Waals surface area contributed by atoms with Crippen molar-refractivity contribution in [2.45, 2.75) is 37.6 Å². The van der Waals surface area contributed by atoms with Crippen LogP contribution in [0, 0.1) is 0 Å². The summed E-state index contributed by atoms with van der Waals surface area (Å²) in [4.78, 5) is 0. The molecule has 1 rings (SSSR count). The third-order valence-corrected chi connectivity index (χ3v) is 2.74. The molecule has 1 saturated carbocycles.